The lowest BCUT2D eigenvalue weighted by Gasteiger charge is -2.24. The van der Waals surface area contributed by atoms with Gasteiger partial charge in [0.15, 0.2) is 0 Å². The molecule has 1 aliphatic rings. The number of carbonyl (C=O) groups excluding carboxylic acids is 1. The molecular formula is C23H20FN5O. The van der Waals surface area contributed by atoms with Gasteiger partial charge in [0, 0.05) is 23.7 Å². The Morgan fingerprint density at radius 1 is 1.03 bits per heavy atom. The number of rotatable bonds is 4. The molecule has 1 amide bonds. The van der Waals surface area contributed by atoms with Crippen LogP contribution >= 0.6 is 0 Å². The van der Waals surface area contributed by atoms with Gasteiger partial charge in [-0.05, 0) is 49.6 Å². The highest BCUT2D eigenvalue weighted by Gasteiger charge is 2.27. The Kier molecular flexibility index (Phi) is 4.63. The minimum atomic E-state index is -0.317. The number of para-hydroxylation sites is 2. The molecule has 0 unspecified atom stereocenters. The number of carbonyl (C=O) groups is 1. The summed E-state index contributed by atoms with van der Waals surface area (Å²) in [6.45, 7) is 0. The van der Waals surface area contributed by atoms with Crippen molar-refractivity contribution in [2.24, 2.45) is 0 Å². The molecule has 7 heteroatoms. The highest BCUT2D eigenvalue weighted by Crippen LogP contribution is 2.32. The number of nitrogens with one attached hydrogen (secondary N) is 1. The van der Waals surface area contributed by atoms with Gasteiger partial charge in [0.25, 0.3) is 5.91 Å². The maximum atomic E-state index is 14.3. The van der Waals surface area contributed by atoms with Crippen molar-refractivity contribution in [3.8, 4) is 11.4 Å². The fourth-order valence-corrected chi connectivity index (χ4v) is 4.05. The van der Waals surface area contributed by atoms with E-state index in [1.54, 1.807) is 46.0 Å². The van der Waals surface area contributed by atoms with Gasteiger partial charge in [-0.3, -0.25) is 4.79 Å². The molecule has 5 rings (SSSR count). The second-order valence-electron chi connectivity index (χ2n) is 7.30. The Morgan fingerprint density at radius 2 is 1.83 bits per heavy atom. The van der Waals surface area contributed by atoms with Crippen molar-refractivity contribution >= 4 is 5.91 Å². The fraction of sp³-hybridized carbons (Fsp3) is 0.174. The van der Waals surface area contributed by atoms with Crippen molar-refractivity contribution in [3.63, 3.8) is 0 Å². The number of hydrogen-bond acceptors (Lipinski definition) is 3. The smallest absolute Gasteiger partial charge is 0.253 e. The molecule has 1 aliphatic carbocycles. The lowest BCUT2D eigenvalue weighted by molar-refractivity contribution is 0.0932. The standard InChI is InChI=1S/C23H20FN5O/c24-18-8-2-4-11-22(18)29-21-12-5-9-19(17(21)15-26-29)27-23(30)16-7-1-3-10-20(16)28-14-6-13-25-28/h1-4,6-8,10-11,13-15,19H,5,9,12H2,(H,27,30)/t19-/m0/s1. The molecular weight excluding hydrogens is 381 g/mol. The third-order valence-electron chi connectivity index (χ3n) is 5.47. The third-order valence-corrected chi connectivity index (χ3v) is 5.47. The summed E-state index contributed by atoms with van der Waals surface area (Å²) in [4.78, 5) is 13.1. The molecule has 0 aliphatic heterocycles. The molecule has 0 bridgehead atoms. The van der Waals surface area contributed by atoms with Crippen LogP contribution in [0.4, 0.5) is 4.39 Å². The molecule has 2 aromatic carbocycles. The summed E-state index contributed by atoms with van der Waals surface area (Å²) in [5.41, 5.74) is 3.58. The first kappa shape index (κ1) is 18.3. The Balaban J connectivity index is 1.45. The average molecular weight is 401 g/mol. The average Bonchev–Trinajstić information content (AvgIpc) is 3.45. The van der Waals surface area contributed by atoms with Crippen LogP contribution in [-0.4, -0.2) is 25.5 Å². The Bertz CT molecular complexity index is 1200. The van der Waals surface area contributed by atoms with Crippen LogP contribution in [-0.2, 0) is 6.42 Å². The van der Waals surface area contributed by atoms with Crippen LogP contribution in [0.5, 0.6) is 0 Å². The first-order valence-electron chi connectivity index (χ1n) is 9.94. The van der Waals surface area contributed by atoms with Crippen LogP contribution in [0.2, 0.25) is 0 Å². The number of benzene rings is 2. The number of halogens is 1. The fourth-order valence-electron chi connectivity index (χ4n) is 4.05. The third kappa shape index (κ3) is 3.18. The molecule has 0 radical (unpaired) electrons. The van der Waals surface area contributed by atoms with E-state index < -0.39 is 0 Å². The lowest BCUT2D eigenvalue weighted by atomic mass is 9.92. The molecule has 0 fully saturated rings. The van der Waals surface area contributed by atoms with Crippen LogP contribution in [0.15, 0.2) is 73.2 Å². The SMILES string of the molecule is O=C(N[C@H]1CCCc2c1cnn2-c1ccccc1F)c1ccccc1-n1cccn1. The van der Waals surface area contributed by atoms with Gasteiger partial charge in [-0.15, -0.1) is 0 Å². The number of fused-ring (bicyclic) bond motifs is 1. The van der Waals surface area contributed by atoms with Crippen LogP contribution in [0, 0.1) is 5.82 Å². The molecule has 2 aromatic heterocycles. The molecule has 150 valence electrons. The molecule has 1 N–H and O–H groups in total. The van der Waals surface area contributed by atoms with E-state index in [2.05, 4.69) is 15.5 Å². The Labute approximate surface area is 173 Å². The number of amides is 1. The molecule has 0 spiro atoms. The predicted octanol–water partition coefficient (Wildman–Crippen LogP) is 4.00. The lowest BCUT2D eigenvalue weighted by Crippen LogP contribution is -2.31. The van der Waals surface area contributed by atoms with E-state index in [4.69, 9.17) is 0 Å². The molecule has 0 saturated carbocycles. The summed E-state index contributed by atoms with van der Waals surface area (Å²) in [5, 5.41) is 11.8. The van der Waals surface area contributed by atoms with Crippen molar-refractivity contribution in [3.05, 3.63) is 95.8 Å². The minimum Gasteiger partial charge on any atom is -0.345 e. The highest BCUT2D eigenvalue weighted by atomic mass is 19.1. The van der Waals surface area contributed by atoms with Crippen LogP contribution < -0.4 is 5.32 Å². The maximum Gasteiger partial charge on any atom is 0.253 e. The maximum absolute atomic E-state index is 14.3. The van der Waals surface area contributed by atoms with E-state index >= 15 is 0 Å². The molecule has 0 saturated heterocycles. The topological polar surface area (TPSA) is 64.7 Å². The molecule has 30 heavy (non-hydrogen) atoms. The summed E-state index contributed by atoms with van der Waals surface area (Å²) >= 11 is 0. The molecule has 1 atom stereocenters. The minimum absolute atomic E-state index is 0.169. The van der Waals surface area contributed by atoms with Gasteiger partial charge >= 0.3 is 0 Å². The van der Waals surface area contributed by atoms with Gasteiger partial charge in [0.05, 0.1) is 23.5 Å². The van der Waals surface area contributed by atoms with E-state index in [0.29, 0.717) is 11.3 Å². The van der Waals surface area contributed by atoms with E-state index in [0.717, 1.165) is 36.2 Å². The van der Waals surface area contributed by atoms with Crippen LogP contribution in [0.25, 0.3) is 11.4 Å². The number of aromatic nitrogens is 4. The van der Waals surface area contributed by atoms with E-state index in [-0.39, 0.29) is 17.8 Å². The summed E-state index contributed by atoms with van der Waals surface area (Å²) in [5.74, 6) is -0.486. The molecule has 6 nitrogen and oxygen atoms in total. The van der Waals surface area contributed by atoms with Gasteiger partial charge in [0.1, 0.15) is 11.5 Å². The quantitative estimate of drug-likeness (QED) is 0.562. The van der Waals surface area contributed by atoms with Gasteiger partial charge in [-0.1, -0.05) is 24.3 Å². The zero-order chi connectivity index (χ0) is 20.5. The van der Waals surface area contributed by atoms with Gasteiger partial charge in [-0.25, -0.2) is 13.8 Å². The first-order valence-corrected chi connectivity index (χ1v) is 9.94. The van der Waals surface area contributed by atoms with E-state index in [1.807, 2.05) is 30.5 Å². The van der Waals surface area contributed by atoms with Crippen molar-refractivity contribution in [1.29, 1.82) is 0 Å². The molecule has 2 heterocycles. The first-order chi connectivity index (χ1) is 14.7. The number of nitrogens with zero attached hydrogens (tertiary/aromatic N) is 4. The largest absolute Gasteiger partial charge is 0.345 e. The summed E-state index contributed by atoms with van der Waals surface area (Å²) in [6, 6.07) is 15.6. The summed E-state index contributed by atoms with van der Waals surface area (Å²) in [7, 11) is 0. The predicted molar refractivity (Wildman–Crippen MR) is 110 cm³/mol. The zero-order valence-electron chi connectivity index (χ0n) is 16.2. The zero-order valence-corrected chi connectivity index (χ0v) is 16.2. The normalized spacial score (nSPS) is 15.6. The second kappa shape index (κ2) is 7.59. The van der Waals surface area contributed by atoms with Crippen LogP contribution in [0.1, 0.15) is 40.5 Å². The monoisotopic (exact) mass is 401 g/mol. The highest BCUT2D eigenvalue weighted by molar-refractivity contribution is 5.98. The van der Waals surface area contributed by atoms with E-state index in [1.165, 1.54) is 6.07 Å². The second-order valence-corrected chi connectivity index (χ2v) is 7.30. The Morgan fingerprint density at radius 3 is 2.63 bits per heavy atom. The van der Waals surface area contributed by atoms with Crippen molar-refractivity contribution in [2.45, 2.75) is 25.3 Å². The number of hydrogen-bond donors (Lipinski definition) is 1. The van der Waals surface area contributed by atoms with Crippen LogP contribution in [0.3, 0.4) is 0 Å². The van der Waals surface area contributed by atoms with Crippen molar-refractivity contribution in [2.75, 3.05) is 0 Å². The summed E-state index contributed by atoms with van der Waals surface area (Å²) < 4.78 is 17.6. The van der Waals surface area contributed by atoms with Gasteiger partial charge in [0.2, 0.25) is 0 Å². The van der Waals surface area contributed by atoms with Crippen molar-refractivity contribution in [1.82, 2.24) is 24.9 Å². The molecule has 4 aromatic rings. The van der Waals surface area contributed by atoms with Crippen molar-refractivity contribution < 1.29 is 9.18 Å². The van der Waals surface area contributed by atoms with Gasteiger partial charge in [-0.2, -0.15) is 10.2 Å². The summed E-state index contributed by atoms with van der Waals surface area (Å²) in [6.07, 6.45) is 7.72. The van der Waals surface area contributed by atoms with E-state index in [9.17, 15) is 9.18 Å². The van der Waals surface area contributed by atoms with Gasteiger partial charge < -0.3 is 5.32 Å². The Hall–Kier alpha value is -3.74.